The van der Waals surface area contributed by atoms with E-state index in [2.05, 4.69) is 49.4 Å². The third-order valence-corrected chi connectivity index (χ3v) is 4.81. The molecule has 2 aromatic rings. The summed E-state index contributed by atoms with van der Waals surface area (Å²) >= 11 is 0. The number of halogens is 1. The van der Waals surface area contributed by atoms with Gasteiger partial charge >= 0.3 is 0 Å². The van der Waals surface area contributed by atoms with Crippen molar-refractivity contribution in [2.24, 2.45) is 4.99 Å². The summed E-state index contributed by atoms with van der Waals surface area (Å²) in [6.07, 6.45) is 4.68. The molecule has 0 aliphatic carbocycles. The molecule has 1 unspecified atom stereocenters. The van der Waals surface area contributed by atoms with E-state index in [0.29, 0.717) is 13.1 Å². The van der Waals surface area contributed by atoms with Gasteiger partial charge in [0.15, 0.2) is 5.96 Å². The SMILES string of the molecule is CCNC(=NCC(O)CN1CCc2ccccc2C1)NCCn1cccc1.I. The number of aliphatic hydroxyl groups is 1. The number of hydrogen-bond acceptors (Lipinski definition) is 3. The summed E-state index contributed by atoms with van der Waals surface area (Å²) in [5.74, 6) is 0.757. The van der Waals surface area contributed by atoms with E-state index in [4.69, 9.17) is 0 Å². The van der Waals surface area contributed by atoms with Crippen LogP contribution in [0.15, 0.2) is 53.8 Å². The highest BCUT2D eigenvalue weighted by atomic mass is 127. The summed E-state index contributed by atoms with van der Waals surface area (Å²) < 4.78 is 2.12. The first-order valence-corrected chi connectivity index (χ1v) is 9.84. The van der Waals surface area contributed by atoms with Gasteiger partial charge in [-0.3, -0.25) is 9.89 Å². The Morgan fingerprint density at radius 2 is 1.89 bits per heavy atom. The lowest BCUT2D eigenvalue weighted by Gasteiger charge is -2.30. The monoisotopic (exact) mass is 497 g/mol. The number of aliphatic hydroxyl groups excluding tert-OH is 1. The predicted octanol–water partition coefficient (Wildman–Crippen LogP) is 2.08. The van der Waals surface area contributed by atoms with Crippen molar-refractivity contribution < 1.29 is 5.11 Å². The number of guanidine groups is 1. The van der Waals surface area contributed by atoms with Crippen LogP contribution in [0.5, 0.6) is 0 Å². The van der Waals surface area contributed by atoms with Crippen LogP contribution in [0, 0.1) is 0 Å². The van der Waals surface area contributed by atoms with Crippen molar-refractivity contribution in [3.8, 4) is 0 Å². The van der Waals surface area contributed by atoms with E-state index >= 15 is 0 Å². The van der Waals surface area contributed by atoms with E-state index in [-0.39, 0.29) is 24.0 Å². The third-order valence-electron chi connectivity index (χ3n) is 4.81. The topological polar surface area (TPSA) is 64.8 Å². The smallest absolute Gasteiger partial charge is 0.191 e. The van der Waals surface area contributed by atoms with Gasteiger partial charge in [-0.15, -0.1) is 24.0 Å². The Bertz CT molecular complexity index is 719. The van der Waals surface area contributed by atoms with E-state index in [9.17, 15) is 5.11 Å². The van der Waals surface area contributed by atoms with Crippen molar-refractivity contribution in [1.29, 1.82) is 0 Å². The zero-order valence-electron chi connectivity index (χ0n) is 16.6. The lowest BCUT2D eigenvalue weighted by atomic mass is 10.00. The minimum atomic E-state index is -0.463. The van der Waals surface area contributed by atoms with Crippen molar-refractivity contribution in [3.05, 3.63) is 59.9 Å². The fourth-order valence-corrected chi connectivity index (χ4v) is 3.43. The van der Waals surface area contributed by atoms with Gasteiger partial charge in [0.25, 0.3) is 0 Å². The summed E-state index contributed by atoms with van der Waals surface area (Å²) in [5.41, 5.74) is 2.81. The summed E-state index contributed by atoms with van der Waals surface area (Å²) in [7, 11) is 0. The van der Waals surface area contributed by atoms with E-state index in [0.717, 1.165) is 45.1 Å². The molecule has 0 saturated heterocycles. The summed E-state index contributed by atoms with van der Waals surface area (Å²) in [5, 5.41) is 17.0. The number of benzene rings is 1. The van der Waals surface area contributed by atoms with Crippen LogP contribution in [0.1, 0.15) is 18.1 Å². The fourth-order valence-electron chi connectivity index (χ4n) is 3.43. The van der Waals surface area contributed by atoms with Crippen molar-refractivity contribution in [3.63, 3.8) is 0 Å². The molecule has 1 aliphatic heterocycles. The van der Waals surface area contributed by atoms with Crippen molar-refractivity contribution >= 4 is 29.9 Å². The molecule has 0 saturated carbocycles. The Kier molecular flexibility index (Phi) is 9.80. The van der Waals surface area contributed by atoms with Crippen LogP contribution >= 0.6 is 24.0 Å². The van der Waals surface area contributed by atoms with Crippen molar-refractivity contribution in [2.45, 2.75) is 32.5 Å². The molecule has 154 valence electrons. The van der Waals surface area contributed by atoms with Gasteiger partial charge in [-0.05, 0) is 36.6 Å². The van der Waals surface area contributed by atoms with Gasteiger partial charge in [0, 0.05) is 51.7 Å². The number of aliphatic imine (C=N–C) groups is 1. The molecule has 1 aliphatic rings. The minimum Gasteiger partial charge on any atom is -0.390 e. The number of hydrogen-bond donors (Lipinski definition) is 3. The number of rotatable bonds is 8. The molecule has 0 fully saturated rings. The normalized spacial score (nSPS) is 15.4. The maximum absolute atomic E-state index is 10.4. The Balaban J connectivity index is 0.00000280. The first kappa shape index (κ1) is 22.7. The highest BCUT2D eigenvalue weighted by Crippen LogP contribution is 2.18. The lowest BCUT2D eigenvalue weighted by Crippen LogP contribution is -2.41. The average Bonchev–Trinajstić information content (AvgIpc) is 3.19. The number of β-amino-alcohol motifs (C(OH)–C–C–N with tert-alkyl or cyclic N) is 1. The Hall–Kier alpha value is -1.58. The van der Waals surface area contributed by atoms with Crippen LogP contribution in [-0.4, -0.2) is 59.4 Å². The van der Waals surface area contributed by atoms with E-state index in [1.54, 1.807) is 0 Å². The minimum absolute atomic E-state index is 0. The zero-order valence-corrected chi connectivity index (χ0v) is 18.9. The fraction of sp³-hybridized carbons (Fsp3) is 0.476. The zero-order chi connectivity index (χ0) is 18.9. The molecule has 0 bridgehead atoms. The molecular formula is C21H32IN5O. The molecule has 1 aromatic carbocycles. The molecule has 2 heterocycles. The van der Waals surface area contributed by atoms with Crippen LogP contribution in [0.3, 0.4) is 0 Å². The second-order valence-corrected chi connectivity index (χ2v) is 6.97. The highest BCUT2D eigenvalue weighted by Gasteiger charge is 2.18. The molecule has 7 heteroatoms. The van der Waals surface area contributed by atoms with Gasteiger partial charge in [-0.25, -0.2) is 0 Å². The molecule has 3 N–H and O–H groups in total. The number of nitrogens with one attached hydrogen (secondary N) is 2. The van der Waals surface area contributed by atoms with Crippen LogP contribution in [0.2, 0.25) is 0 Å². The predicted molar refractivity (Wildman–Crippen MR) is 125 cm³/mol. The van der Waals surface area contributed by atoms with E-state index in [1.165, 1.54) is 11.1 Å². The van der Waals surface area contributed by atoms with Crippen LogP contribution in [0.25, 0.3) is 0 Å². The Morgan fingerprint density at radius 3 is 2.64 bits per heavy atom. The number of fused-ring (bicyclic) bond motifs is 1. The highest BCUT2D eigenvalue weighted by molar-refractivity contribution is 14.0. The molecule has 3 rings (SSSR count). The van der Waals surface area contributed by atoms with E-state index in [1.807, 2.05) is 31.5 Å². The first-order valence-electron chi connectivity index (χ1n) is 9.84. The number of aromatic nitrogens is 1. The van der Waals surface area contributed by atoms with Crippen LogP contribution < -0.4 is 10.6 Å². The second kappa shape index (κ2) is 12.1. The van der Waals surface area contributed by atoms with Gasteiger partial charge in [0.05, 0.1) is 12.6 Å². The summed E-state index contributed by atoms with van der Waals surface area (Å²) in [6.45, 7) is 7.47. The molecule has 0 spiro atoms. The van der Waals surface area contributed by atoms with Gasteiger partial charge in [-0.2, -0.15) is 0 Å². The van der Waals surface area contributed by atoms with E-state index < -0.39 is 6.10 Å². The standard InChI is InChI=1S/C21H31N5O.HI/c1-2-22-21(23-10-14-25-11-5-6-12-25)24-15-20(27)17-26-13-9-18-7-3-4-8-19(18)16-26;/h3-8,11-12,20,27H,2,9-10,13-17H2,1H3,(H2,22,23,24);1H. The lowest BCUT2D eigenvalue weighted by molar-refractivity contribution is 0.111. The maximum Gasteiger partial charge on any atom is 0.191 e. The second-order valence-electron chi connectivity index (χ2n) is 6.97. The average molecular weight is 497 g/mol. The quantitative estimate of drug-likeness (QED) is 0.297. The van der Waals surface area contributed by atoms with Crippen LogP contribution in [-0.2, 0) is 19.5 Å². The van der Waals surface area contributed by atoms with Gasteiger partial charge < -0.3 is 20.3 Å². The molecule has 6 nitrogen and oxygen atoms in total. The third kappa shape index (κ3) is 7.10. The van der Waals surface area contributed by atoms with Gasteiger partial charge in [0.2, 0.25) is 0 Å². The Morgan fingerprint density at radius 1 is 1.14 bits per heavy atom. The number of nitrogens with zero attached hydrogens (tertiary/aromatic N) is 3. The van der Waals surface area contributed by atoms with Gasteiger partial charge in [-0.1, -0.05) is 24.3 Å². The maximum atomic E-state index is 10.4. The van der Waals surface area contributed by atoms with Crippen molar-refractivity contribution in [1.82, 2.24) is 20.1 Å². The summed E-state index contributed by atoms with van der Waals surface area (Å²) in [6, 6.07) is 12.6. The van der Waals surface area contributed by atoms with Crippen LogP contribution in [0.4, 0.5) is 0 Å². The van der Waals surface area contributed by atoms with Gasteiger partial charge in [0.1, 0.15) is 0 Å². The molecule has 28 heavy (non-hydrogen) atoms. The molecule has 1 atom stereocenters. The first-order chi connectivity index (χ1) is 13.2. The molecule has 0 amide bonds. The molecule has 1 aromatic heterocycles. The largest absolute Gasteiger partial charge is 0.390 e. The Labute approximate surface area is 185 Å². The van der Waals surface area contributed by atoms with Crippen molar-refractivity contribution in [2.75, 3.05) is 32.7 Å². The molecular weight excluding hydrogens is 465 g/mol. The molecule has 0 radical (unpaired) electrons. The summed E-state index contributed by atoms with van der Waals surface area (Å²) in [4.78, 5) is 6.86.